The van der Waals surface area contributed by atoms with E-state index in [2.05, 4.69) is 20.9 Å². The number of hydrogen-bond donors (Lipinski definition) is 5. The van der Waals surface area contributed by atoms with Crippen LogP contribution in [0.4, 0.5) is 11.5 Å². The number of carbonyl (C=O) groups excluding carboxylic acids is 6. The Morgan fingerprint density at radius 3 is 2.47 bits per heavy atom. The van der Waals surface area contributed by atoms with Gasteiger partial charge in [0.05, 0.1) is 22.1 Å². The largest absolute Gasteiger partial charge is 0.384 e. The molecule has 0 saturated carbocycles. The van der Waals surface area contributed by atoms with E-state index < -0.39 is 59.3 Å². The minimum Gasteiger partial charge on any atom is -0.384 e. The predicted molar refractivity (Wildman–Crippen MR) is 167 cm³/mol. The van der Waals surface area contributed by atoms with Crippen molar-refractivity contribution < 1.29 is 28.8 Å². The van der Waals surface area contributed by atoms with Crippen molar-refractivity contribution in [3.8, 4) is 0 Å². The molecule has 3 aromatic rings. The zero-order valence-electron chi connectivity index (χ0n) is 25.5. The monoisotopic (exact) mass is 647 g/mol. The minimum absolute atomic E-state index is 0.0154. The molecule has 0 spiro atoms. The molecule has 0 aliphatic carbocycles. The summed E-state index contributed by atoms with van der Waals surface area (Å²) >= 11 is 0. The van der Waals surface area contributed by atoms with Crippen LogP contribution in [-0.2, 0) is 27.5 Å². The van der Waals surface area contributed by atoms with Gasteiger partial charge in [-0.3, -0.25) is 52.9 Å². The van der Waals surface area contributed by atoms with E-state index in [-0.39, 0.29) is 59.5 Å². The van der Waals surface area contributed by atoms with E-state index in [0.29, 0.717) is 31.5 Å². The van der Waals surface area contributed by atoms with Crippen molar-refractivity contribution in [1.29, 1.82) is 0 Å². The van der Waals surface area contributed by atoms with Crippen LogP contribution in [0.2, 0.25) is 0 Å². The number of aryl methyl sites for hydroxylation is 1. The summed E-state index contributed by atoms with van der Waals surface area (Å²) in [5.74, 6) is -3.99. The molecule has 7 N–H and O–H groups in total. The van der Waals surface area contributed by atoms with Gasteiger partial charge in [-0.05, 0) is 50.8 Å². The third-order valence-electron chi connectivity index (χ3n) is 8.07. The summed E-state index contributed by atoms with van der Waals surface area (Å²) in [7, 11) is 0. The summed E-state index contributed by atoms with van der Waals surface area (Å²) in [6.45, 7) is 1.94. The molecule has 17 heteroatoms. The number of imide groups is 2. The third-order valence-corrected chi connectivity index (χ3v) is 8.07. The van der Waals surface area contributed by atoms with Crippen molar-refractivity contribution >= 4 is 58.0 Å². The molecule has 0 bridgehead atoms. The number of piperidine rings is 1. The van der Waals surface area contributed by atoms with Gasteiger partial charge in [0.15, 0.2) is 5.65 Å². The highest BCUT2D eigenvalue weighted by Gasteiger charge is 2.45. The summed E-state index contributed by atoms with van der Waals surface area (Å²) < 4.78 is 1.94. The molecule has 4 heterocycles. The Morgan fingerprint density at radius 2 is 1.77 bits per heavy atom. The number of aromatic nitrogens is 3. The quantitative estimate of drug-likeness (QED) is 0.118. The van der Waals surface area contributed by atoms with E-state index in [1.165, 1.54) is 16.7 Å². The molecule has 5 rings (SSSR count). The Hall–Kier alpha value is -5.87. The number of carbonyl (C=O) groups is 6. The number of amides is 6. The number of primary amides is 1. The van der Waals surface area contributed by atoms with E-state index >= 15 is 0 Å². The Kier molecular flexibility index (Phi) is 9.16. The normalized spacial score (nSPS) is 15.9. The van der Waals surface area contributed by atoms with Crippen LogP contribution in [0, 0.1) is 0 Å². The lowest BCUT2D eigenvalue weighted by Crippen LogP contribution is -2.54. The van der Waals surface area contributed by atoms with Crippen molar-refractivity contribution in [2.75, 3.05) is 24.1 Å². The average molecular weight is 648 g/mol. The summed E-state index contributed by atoms with van der Waals surface area (Å²) in [6.07, 6.45) is 1.97. The maximum atomic E-state index is 13.2. The number of unbranched alkanes of at least 4 members (excludes halogenated alkanes) is 2. The van der Waals surface area contributed by atoms with Crippen molar-refractivity contribution in [1.82, 2.24) is 29.7 Å². The first-order chi connectivity index (χ1) is 22.4. The molecule has 1 fully saturated rings. The second kappa shape index (κ2) is 13.2. The topological polar surface area (TPSA) is 251 Å². The molecule has 1 saturated heterocycles. The van der Waals surface area contributed by atoms with Gasteiger partial charge in [0.1, 0.15) is 18.4 Å². The second-order valence-electron chi connectivity index (χ2n) is 11.1. The summed E-state index contributed by atoms with van der Waals surface area (Å²) in [5.41, 5.74) is 10.1. The van der Waals surface area contributed by atoms with Crippen molar-refractivity contribution in [2.24, 2.45) is 5.73 Å². The highest BCUT2D eigenvalue weighted by Crippen LogP contribution is 2.32. The third kappa shape index (κ3) is 6.18. The molecule has 6 amide bonds. The molecule has 1 atom stereocenters. The lowest BCUT2D eigenvalue weighted by atomic mass is 10.0. The Labute approximate surface area is 266 Å². The number of pyridine rings is 1. The molecular formula is C30H33N9O8. The molecule has 246 valence electrons. The lowest BCUT2D eigenvalue weighted by Gasteiger charge is -2.27. The first-order valence-electron chi connectivity index (χ1n) is 15.0. The van der Waals surface area contributed by atoms with Crippen LogP contribution in [0.1, 0.15) is 70.1 Å². The minimum atomic E-state index is -1.05. The number of hydrogen-bond acceptors (Lipinski definition) is 11. The Morgan fingerprint density at radius 1 is 1.02 bits per heavy atom. The van der Waals surface area contributed by atoms with Crippen LogP contribution in [0.5, 0.6) is 0 Å². The van der Waals surface area contributed by atoms with Crippen molar-refractivity contribution in [3.05, 3.63) is 61.8 Å². The van der Waals surface area contributed by atoms with Crippen LogP contribution >= 0.6 is 0 Å². The van der Waals surface area contributed by atoms with Gasteiger partial charge >= 0.3 is 5.69 Å². The van der Waals surface area contributed by atoms with Gasteiger partial charge in [-0.25, -0.2) is 9.78 Å². The van der Waals surface area contributed by atoms with Gasteiger partial charge in [0.2, 0.25) is 17.7 Å². The van der Waals surface area contributed by atoms with Gasteiger partial charge in [-0.2, -0.15) is 0 Å². The molecule has 1 aromatic carbocycles. The number of rotatable bonds is 12. The number of nitrogen functional groups attached to an aromatic ring is 1. The van der Waals surface area contributed by atoms with Gasteiger partial charge in [-0.15, -0.1) is 0 Å². The maximum absolute atomic E-state index is 13.2. The summed E-state index contributed by atoms with van der Waals surface area (Å²) in [5, 5.41) is 7.95. The number of fused-ring (bicyclic) bond motifs is 2. The van der Waals surface area contributed by atoms with Gasteiger partial charge in [0, 0.05) is 31.7 Å². The molecular weight excluding hydrogens is 614 g/mol. The summed E-state index contributed by atoms with van der Waals surface area (Å²) in [6, 6.07) is 4.93. The lowest BCUT2D eigenvalue weighted by molar-refractivity contribution is -0.136. The van der Waals surface area contributed by atoms with Crippen LogP contribution in [0.25, 0.3) is 11.0 Å². The number of nitrogens with zero attached hydrogens (tertiary/aromatic N) is 4. The zero-order chi connectivity index (χ0) is 34.0. The molecule has 2 aliphatic rings. The average Bonchev–Trinajstić information content (AvgIpc) is 3.28. The highest BCUT2D eigenvalue weighted by atomic mass is 16.2. The number of anilines is 2. The first-order valence-corrected chi connectivity index (χ1v) is 15.0. The van der Waals surface area contributed by atoms with Crippen molar-refractivity contribution in [3.63, 3.8) is 0 Å². The molecule has 17 nitrogen and oxygen atoms in total. The zero-order valence-corrected chi connectivity index (χ0v) is 25.5. The molecule has 2 aliphatic heterocycles. The van der Waals surface area contributed by atoms with Crippen LogP contribution < -0.4 is 38.7 Å². The van der Waals surface area contributed by atoms with Gasteiger partial charge in [0.25, 0.3) is 23.3 Å². The molecule has 0 radical (unpaired) electrons. The van der Waals surface area contributed by atoms with E-state index in [1.807, 2.05) is 0 Å². The van der Waals surface area contributed by atoms with Crippen LogP contribution in [0.15, 0.2) is 33.9 Å². The van der Waals surface area contributed by atoms with Crippen LogP contribution in [-0.4, -0.2) is 73.6 Å². The maximum Gasteiger partial charge on any atom is 0.333 e. The molecule has 2 aromatic heterocycles. The van der Waals surface area contributed by atoms with Gasteiger partial charge < -0.3 is 22.1 Å². The fourth-order valence-electron chi connectivity index (χ4n) is 5.71. The Bertz CT molecular complexity index is 1970. The Balaban J connectivity index is 1.13. The van der Waals surface area contributed by atoms with Gasteiger partial charge in [-0.1, -0.05) is 6.07 Å². The SMILES string of the molecule is CCn1c(=O)n(CC(=O)NCCCCCNc2cccc3c2C(=O)N(C2CCC(=O)NC2=O)C3=O)c(=O)c2cc(C(N)=O)c(N)nc21. The second-order valence-corrected chi connectivity index (χ2v) is 11.1. The first kappa shape index (κ1) is 32.5. The van der Waals surface area contributed by atoms with Crippen LogP contribution in [0.3, 0.4) is 0 Å². The predicted octanol–water partition coefficient (Wildman–Crippen LogP) is -0.941. The van der Waals surface area contributed by atoms with E-state index in [0.717, 1.165) is 9.47 Å². The van der Waals surface area contributed by atoms with E-state index in [4.69, 9.17) is 11.5 Å². The molecule has 47 heavy (non-hydrogen) atoms. The number of nitrogens with one attached hydrogen (secondary N) is 3. The molecule has 1 unspecified atom stereocenters. The highest BCUT2D eigenvalue weighted by molar-refractivity contribution is 6.25. The fraction of sp³-hybridized carbons (Fsp3) is 0.367. The number of benzene rings is 1. The standard InChI is InChI=1S/C30H33N9O8/c1-2-37-25-17(13-16(24(32)42)23(31)36-25)27(44)38(30(37)47)14-21(41)34-12-5-3-4-11-33-18-8-6-7-15-22(18)29(46)39(28(15)45)19-9-10-20(40)35-26(19)43/h6-8,13,19,33H,2-5,9-12,14H2,1H3,(H2,31,36)(H2,32,42)(H,34,41)(H,35,40,43). The fourth-order valence-corrected chi connectivity index (χ4v) is 5.71. The summed E-state index contributed by atoms with van der Waals surface area (Å²) in [4.78, 5) is 105. The van der Waals surface area contributed by atoms with E-state index in [1.54, 1.807) is 19.1 Å². The van der Waals surface area contributed by atoms with E-state index in [9.17, 15) is 38.4 Å². The smallest absolute Gasteiger partial charge is 0.333 e. The van der Waals surface area contributed by atoms with Crippen molar-refractivity contribution in [2.45, 2.75) is 58.2 Å². The number of nitrogens with two attached hydrogens (primary N) is 2.